The van der Waals surface area contributed by atoms with Crippen molar-refractivity contribution < 1.29 is 0 Å². The largest absolute Gasteiger partial charge is 0.394 e. The molecule has 0 saturated heterocycles. The van der Waals surface area contributed by atoms with Crippen LogP contribution in [0.1, 0.15) is 12.5 Å². The summed E-state index contributed by atoms with van der Waals surface area (Å²) in [6, 6.07) is 10.3. The normalized spacial score (nSPS) is 10.5. The predicted octanol–water partition coefficient (Wildman–Crippen LogP) is 2.03. The third-order valence-corrected chi connectivity index (χ3v) is 2.73. The van der Waals surface area contributed by atoms with Gasteiger partial charge in [-0.15, -0.1) is 0 Å². The van der Waals surface area contributed by atoms with Gasteiger partial charge in [0.05, 0.1) is 5.69 Å². The molecule has 0 aliphatic carbocycles. The fourth-order valence-electron chi connectivity index (χ4n) is 1.88. The molecule has 2 rings (SSSR count). The second kappa shape index (κ2) is 4.91. The van der Waals surface area contributed by atoms with E-state index in [0.29, 0.717) is 0 Å². The first-order chi connectivity index (χ1) is 8.20. The Balaban J connectivity index is 2.20. The Kier molecular flexibility index (Phi) is 3.32. The van der Waals surface area contributed by atoms with Crippen LogP contribution in [0.4, 0.5) is 11.5 Å². The van der Waals surface area contributed by atoms with Gasteiger partial charge in [0.1, 0.15) is 0 Å². The van der Waals surface area contributed by atoms with Crippen molar-refractivity contribution in [3.05, 3.63) is 42.1 Å². The number of benzene rings is 1. The van der Waals surface area contributed by atoms with Crippen LogP contribution >= 0.6 is 0 Å². The maximum atomic E-state index is 5.95. The Morgan fingerprint density at radius 3 is 2.53 bits per heavy atom. The first-order valence-electron chi connectivity index (χ1n) is 5.78. The van der Waals surface area contributed by atoms with E-state index in [2.05, 4.69) is 29.1 Å². The van der Waals surface area contributed by atoms with Gasteiger partial charge in [0.25, 0.3) is 0 Å². The van der Waals surface area contributed by atoms with E-state index < -0.39 is 0 Å². The molecule has 2 N–H and O–H groups in total. The molecular weight excluding hydrogens is 212 g/mol. The number of anilines is 2. The van der Waals surface area contributed by atoms with Crippen LogP contribution in [0.3, 0.4) is 0 Å². The van der Waals surface area contributed by atoms with Crippen LogP contribution in [0, 0.1) is 0 Å². The Hall–Kier alpha value is -1.97. The summed E-state index contributed by atoms with van der Waals surface area (Å²) in [5.74, 6) is 0.860. The topological polar surface area (TPSA) is 47.1 Å². The van der Waals surface area contributed by atoms with Gasteiger partial charge in [-0.05, 0) is 12.5 Å². The second-order valence-corrected chi connectivity index (χ2v) is 4.08. The molecule has 0 radical (unpaired) electrons. The molecule has 90 valence electrons. The number of aromatic nitrogens is 2. The summed E-state index contributed by atoms with van der Waals surface area (Å²) in [6.45, 7) is 3.83. The highest BCUT2D eigenvalue weighted by Gasteiger charge is 2.12. The van der Waals surface area contributed by atoms with E-state index in [1.165, 1.54) is 5.56 Å². The van der Waals surface area contributed by atoms with Crippen molar-refractivity contribution in [2.24, 2.45) is 7.05 Å². The van der Waals surface area contributed by atoms with Crippen molar-refractivity contribution in [2.45, 2.75) is 13.5 Å². The summed E-state index contributed by atoms with van der Waals surface area (Å²) in [6.07, 6.45) is 1.84. The molecule has 1 aromatic carbocycles. The first kappa shape index (κ1) is 11.5. The van der Waals surface area contributed by atoms with Gasteiger partial charge in [0.15, 0.2) is 5.82 Å². The van der Waals surface area contributed by atoms with E-state index in [1.807, 2.05) is 31.4 Å². The smallest absolute Gasteiger partial charge is 0.174 e. The van der Waals surface area contributed by atoms with E-state index in [1.54, 1.807) is 4.68 Å². The number of nitrogens with two attached hydrogens (primary N) is 1. The molecule has 0 unspecified atom stereocenters. The SMILES string of the molecule is CCN(Cc1ccccc1)c1nn(C)cc1N. The fourth-order valence-corrected chi connectivity index (χ4v) is 1.88. The van der Waals surface area contributed by atoms with Gasteiger partial charge in [-0.1, -0.05) is 30.3 Å². The maximum Gasteiger partial charge on any atom is 0.174 e. The molecule has 4 heteroatoms. The number of nitrogen functional groups attached to an aromatic ring is 1. The molecule has 0 saturated carbocycles. The summed E-state index contributed by atoms with van der Waals surface area (Å²) >= 11 is 0. The molecule has 0 atom stereocenters. The lowest BCUT2D eigenvalue weighted by Crippen LogP contribution is -2.23. The van der Waals surface area contributed by atoms with Crippen molar-refractivity contribution in [2.75, 3.05) is 17.2 Å². The van der Waals surface area contributed by atoms with E-state index in [-0.39, 0.29) is 0 Å². The molecule has 0 fully saturated rings. The minimum absolute atomic E-state index is 0.727. The van der Waals surface area contributed by atoms with E-state index in [4.69, 9.17) is 5.73 Å². The maximum absolute atomic E-state index is 5.95. The number of aryl methyl sites for hydroxylation is 1. The zero-order valence-corrected chi connectivity index (χ0v) is 10.3. The van der Waals surface area contributed by atoms with E-state index in [9.17, 15) is 0 Å². The fraction of sp³-hybridized carbons (Fsp3) is 0.308. The van der Waals surface area contributed by atoms with Gasteiger partial charge in [0.2, 0.25) is 0 Å². The van der Waals surface area contributed by atoms with Gasteiger partial charge in [-0.2, -0.15) is 5.10 Å². The average molecular weight is 230 g/mol. The highest BCUT2D eigenvalue weighted by atomic mass is 15.3. The van der Waals surface area contributed by atoms with E-state index in [0.717, 1.165) is 24.6 Å². The zero-order valence-electron chi connectivity index (χ0n) is 10.3. The highest BCUT2D eigenvalue weighted by molar-refractivity contribution is 5.61. The molecule has 2 aromatic rings. The molecule has 0 spiro atoms. The Labute approximate surface area is 102 Å². The third-order valence-electron chi connectivity index (χ3n) is 2.73. The van der Waals surface area contributed by atoms with Crippen LogP contribution in [-0.2, 0) is 13.6 Å². The monoisotopic (exact) mass is 230 g/mol. The van der Waals surface area contributed by atoms with Crippen molar-refractivity contribution in [1.82, 2.24) is 9.78 Å². The molecule has 4 nitrogen and oxygen atoms in total. The minimum atomic E-state index is 0.727. The number of nitrogens with zero attached hydrogens (tertiary/aromatic N) is 3. The van der Waals surface area contributed by atoms with Crippen LogP contribution in [0.25, 0.3) is 0 Å². The van der Waals surface area contributed by atoms with Gasteiger partial charge in [-0.3, -0.25) is 4.68 Å². The second-order valence-electron chi connectivity index (χ2n) is 4.08. The molecule has 0 bridgehead atoms. The molecular formula is C13H18N4. The van der Waals surface area contributed by atoms with Crippen LogP contribution in [0.5, 0.6) is 0 Å². The van der Waals surface area contributed by atoms with Gasteiger partial charge >= 0.3 is 0 Å². The average Bonchev–Trinajstić information content (AvgIpc) is 2.67. The molecule has 0 aliphatic rings. The lowest BCUT2D eigenvalue weighted by Gasteiger charge is -2.21. The zero-order chi connectivity index (χ0) is 12.3. The number of hydrogen-bond acceptors (Lipinski definition) is 3. The van der Waals surface area contributed by atoms with Crippen molar-refractivity contribution in [3.63, 3.8) is 0 Å². The van der Waals surface area contributed by atoms with Crippen molar-refractivity contribution >= 4 is 11.5 Å². The van der Waals surface area contributed by atoms with Gasteiger partial charge < -0.3 is 10.6 Å². The van der Waals surface area contributed by atoms with Gasteiger partial charge in [0, 0.05) is 26.3 Å². The highest BCUT2D eigenvalue weighted by Crippen LogP contribution is 2.21. The van der Waals surface area contributed by atoms with Crippen LogP contribution in [0.15, 0.2) is 36.5 Å². The van der Waals surface area contributed by atoms with Gasteiger partial charge in [-0.25, -0.2) is 0 Å². The van der Waals surface area contributed by atoms with E-state index >= 15 is 0 Å². The number of rotatable bonds is 4. The van der Waals surface area contributed by atoms with Crippen molar-refractivity contribution in [3.8, 4) is 0 Å². The van der Waals surface area contributed by atoms with Crippen LogP contribution in [0.2, 0.25) is 0 Å². The first-order valence-corrected chi connectivity index (χ1v) is 5.78. The molecule has 0 amide bonds. The Morgan fingerprint density at radius 1 is 1.29 bits per heavy atom. The minimum Gasteiger partial charge on any atom is -0.394 e. The lowest BCUT2D eigenvalue weighted by atomic mass is 10.2. The summed E-state index contributed by atoms with van der Waals surface area (Å²) in [5.41, 5.74) is 7.94. The quantitative estimate of drug-likeness (QED) is 0.874. The predicted molar refractivity (Wildman–Crippen MR) is 70.8 cm³/mol. The summed E-state index contributed by atoms with van der Waals surface area (Å²) in [4.78, 5) is 2.17. The standard InChI is InChI=1S/C13H18N4/c1-3-17(9-11-7-5-4-6-8-11)13-12(14)10-16(2)15-13/h4-8,10H,3,9,14H2,1-2H3. The Bertz CT molecular complexity index is 475. The van der Waals surface area contributed by atoms with Crippen LogP contribution in [-0.4, -0.2) is 16.3 Å². The Morgan fingerprint density at radius 2 is 2.00 bits per heavy atom. The van der Waals surface area contributed by atoms with Crippen LogP contribution < -0.4 is 10.6 Å². The summed E-state index contributed by atoms with van der Waals surface area (Å²) < 4.78 is 1.75. The number of hydrogen-bond donors (Lipinski definition) is 1. The summed E-state index contributed by atoms with van der Waals surface area (Å²) in [5, 5.41) is 4.40. The summed E-state index contributed by atoms with van der Waals surface area (Å²) in [7, 11) is 1.89. The third kappa shape index (κ3) is 2.58. The van der Waals surface area contributed by atoms with Crippen molar-refractivity contribution in [1.29, 1.82) is 0 Å². The lowest BCUT2D eigenvalue weighted by molar-refractivity contribution is 0.736. The molecule has 0 aliphatic heterocycles. The molecule has 1 heterocycles. The molecule has 17 heavy (non-hydrogen) atoms. The molecule has 1 aromatic heterocycles.